The number of nitrogens with two attached hydrogens (primary N) is 1. The van der Waals surface area contributed by atoms with Crippen LogP contribution in [-0.2, 0) is 4.74 Å². The van der Waals surface area contributed by atoms with Crippen LogP contribution >= 0.6 is 0 Å². The topological polar surface area (TPSA) is 58.7 Å². The third-order valence-corrected chi connectivity index (χ3v) is 3.84. The molecule has 0 aromatic rings. The molecule has 0 aromatic heterocycles. The molecule has 0 heterocycles. The molecule has 1 fully saturated rings. The Morgan fingerprint density at radius 2 is 1.89 bits per heavy atom. The minimum absolute atomic E-state index is 0.182. The summed E-state index contributed by atoms with van der Waals surface area (Å²) in [7, 11) is 0. The first-order valence-corrected chi connectivity index (χ1v) is 7.82. The zero-order chi connectivity index (χ0) is 14.3. The molecule has 3 N–H and O–H groups in total. The summed E-state index contributed by atoms with van der Waals surface area (Å²) in [5, 5.41) is 10.1. The van der Waals surface area contributed by atoms with Crippen molar-refractivity contribution in [1.29, 1.82) is 0 Å². The van der Waals surface area contributed by atoms with E-state index in [0.717, 1.165) is 32.4 Å². The number of hydrogen-bond acceptors (Lipinski definition) is 4. The van der Waals surface area contributed by atoms with Gasteiger partial charge >= 0.3 is 0 Å². The van der Waals surface area contributed by atoms with Crippen molar-refractivity contribution < 1.29 is 9.84 Å². The first kappa shape index (κ1) is 16.9. The summed E-state index contributed by atoms with van der Waals surface area (Å²) in [5.74, 6) is 0. The molecule has 114 valence electrons. The molecule has 0 aromatic carbocycles. The lowest BCUT2D eigenvalue weighted by molar-refractivity contribution is -0.0171. The van der Waals surface area contributed by atoms with Crippen LogP contribution in [0.3, 0.4) is 0 Å². The molecule has 0 amide bonds. The van der Waals surface area contributed by atoms with Gasteiger partial charge in [0.15, 0.2) is 0 Å². The number of nitrogens with zero attached hydrogens (tertiary/aromatic N) is 1. The van der Waals surface area contributed by atoms with Crippen molar-refractivity contribution in [3.63, 3.8) is 0 Å². The fraction of sp³-hybridized carbons (Fsp3) is 1.00. The van der Waals surface area contributed by atoms with Crippen LogP contribution in [0.25, 0.3) is 0 Å². The van der Waals surface area contributed by atoms with Gasteiger partial charge in [0.25, 0.3) is 0 Å². The summed E-state index contributed by atoms with van der Waals surface area (Å²) in [6.45, 7) is 8.40. The predicted molar refractivity (Wildman–Crippen MR) is 79.2 cm³/mol. The summed E-state index contributed by atoms with van der Waals surface area (Å²) >= 11 is 0. The molecular formula is C15H32N2O2. The van der Waals surface area contributed by atoms with Gasteiger partial charge in [-0.25, -0.2) is 0 Å². The maximum atomic E-state index is 10.1. The highest BCUT2D eigenvalue weighted by molar-refractivity contribution is 4.82. The molecule has 1 atom stereocenters. The quantitative estimate of drug-likeness (QED) is 0.707. The smallest absolute Gasteiger partial charge is 0.0900 e. The molecule has 0 bridgehead atoms. The van der Waals surface area contributed by atoms with E-state index in [2.05, 4.69) is 11.8 Å². The van der Waals surface area contributed by atoms with E-state index in [1.807, 2.05) is 13.8 Å². The highest BCUT2D eigenvalue weighted by atomic mass is 16.5. The summed E-state index contributed by atoms with van der Waals surface area (Å²) in [6, 6.07) is 0.974. The minimum Gasteiger partial charge on any atom is -0.389 e. The van der Waals surface area contributed by atoms with Crippen molar-refractivity contribution in [2.45, 2.75) is 77.2 Å². The Bertz CT molecular complexity index is 228. The van der Waals surface area contributed by atoms with Gasteiger partial charge in [-0.1, -0.05) is 6.92 Å². The van der Waals surface area contributed by atoms with E-state index < -0.39 is 0 Å². The van der Waals surface area contributed by atoms with Crippen LogP contribution in [0.5, 0.6) is 0 Å². The Kier molecular flexibility index (Phi) is 7.91. The van der Waals surface area contributed by atoms with E-state index in [4.69, 9.17) is 10.5 Å². The largest absolute Gasteiger partial charge is 0.389 e. The van der Waals surface area contributed by atoms with Gasteiger partial charge in [0.2, 0.25) is 0 Å². The van der Waals surface area contributed by atoms with E-state index in [-0.39, 0.29) is 12.2 Å². The Hall–Kier alpha value is -0.160. The lowest BCUT2D eigenvalue weighted by atomic mass is 9.90. The molecule has 0 spiro atoms. The molecule has 4 nitrogen and oxygen atoms in total. The second-order valence-corrected chi connectivity index (χ2v) is 6.10. The van der Waals surface area contributed by atoms with Crippen LogP contribution in [0.1, 0.15) is 52.9 Å². The van der Waals surface area contributed by atoms with Gasteiger partial charge < -0.3 is 15.6 Å². The third-order valence-electron chi connectivity index (χ3n) is 3.84. The molecule has 4 heteroatoms. The Morgan fingerprint density at radius 3 is 2.42 bits per heavy atom. The molecule has 0 radical (unpaired) electrons. The first-order valence-electron chi connectivity index (χ1n) is 7.82. The van der Waals surface area contributed by atoms with Crippen LogP contribution in [0.15, 0.2) is 0 Å². The number of hydrogen-bond donors (Lipinski definition) is 2. The van der Waals surface area contributed by atoms with E-state index >= 15 is 0 Å². The summed E-state index contributed by atoms with van der Waals surface area (Å²) in [5.41, 5.74) is 5.97. The molecule has 1 aliphatic rings. The van der Waals surface area contributed by atoms with Crippen LogP contribution in [0, 0.1) is 0 Å². The molecule has 19 heavy (non-hydrogen) atoms. The Morgan fingerprint density at radius 1 is 1.26 bits per heavy atom. The van der Waals surface area contributed by atoms with Gasteiger partial charge in [0, 0.05) is 18.6 Å². The zero-order valence-electron chi connectivity index (χ0n) is 12.8. The summed E-state index contributed by atoms with van der Waals surface area (Å²) < 4.78 is 5.49. The van der Waals surface area contributed by atoms with Crippen molar-refractivity contribution in [3.05, 3.63) is 0 Å². The Balaban J connectivity index is 2.38. The number of ether oxygens (including phenoxy) is 1. The number of aliphatic hydroxyl groups excluding tert-OH is 1. The SMILES string of the molecule is CCCN(CC(O)COC(C)C)C1CCC(N)CC1. The van der Waals surface area contributed by atoms with E-state index in [0.29, 0.717) is 18.7 Å². The first-order chi connectivity index (χ1) is 9.02. The van der Waals surface area contributed by atoms with Gasteiger partial charge in [0.1, 0.15) is 0 Å². The van der Waals surface area contributed by atoms with Gasteiger partial charge in [0.05, 0.1) is 18.8 Å². The molecule has 1 aliphatic carbocycles. The number of rotatable bonds is 8. The summed E-state index contributed by atoms with van der Waals surface area (Å²) in [6.07, 6.45) is 5.48. The van der Waals surface area contributed by atoms with Crippen molar-refractivity contribution in [2.75, 3.05) is 19.7 Å². The second kappa shape index (κ2) is 8.90. The molecule has 1 saturated carbocycles. The van der Waals surface area contributed by atoms with Gasteiger partial charge in [-0.2, -0.15) is 0 Å². The van der Waals surface area contributed by atoms with E-state index in [1.54, 1.807) is 0 Å². The maximum absolute atomic E-state index is 10.1. The highest BCUT2D eigenvalue weighted by Crippen LogP contribution is 2.22. The second-order valence-electron chi connectivity index (χ2n) is 6.10. The van der Waals surface area contributed by atoms with Crippen molar-refractivity contribution >= 4 is 0 Å². The van der Waals surface area contributed by atoms with Crippen molar-refractivity contribution in [1.82, 2.24) is 4.90 Å². The van der Waals surface area contributed by atoms with Crippen molar-refractivity contribution in [3.8, 4) is 0 Å². The van der Waals surface area contributed by atoms with Crippen LogP contribution in [0.2, 0.25) is 0 Å². The monoisotopic (exact) mass is 272 g/mol. The lowest BCUT2D eigenvalue weighted by Gasteiger charge is -2.37. The van der Waals surface area contributed by atoms with Crippen LogP contribution < -0.4 is 5.73 Å². The van der Waals surface area contributed by atoms with E-state index in [1.165, 1.54) is 12.8 Å². The molecule has 0 aliphatic heterocycles. The zero-order valence-corrected chi connectivity index (χ0v) is 12.8. The van der Waals surface area contributed by atoms with Gasteiger partial charge in [-0.3, -0.25) is 4.90 Å². The van der Waals surface area contributed by atoms with Gasteiger partial charge in [-0.15, -0.1) is 0 Å². The standard InChI is InChI=1S/C15H32N2O2/c1-4-9-17(10-15(18)11-19-12(2)3)14-7-5-13(16)6-8-14/h12-15,18H,4-11,16H2,1-3H3. The fourth-order valence-electron chi connectivity index (χ4n) is 2.80. The summed E-state index contributed by atoms with van der Waals surface area (Å²) in [4.78, 5) is 2.43. The lowest BCUT2D eigenvalue weighted by Crippen LogP contribution is -2.45. The van der Waals surface area contributed by atoms with Gasteiger partial charge in [-0.05, 0) is 52.5 Å². The number of aliphatic hydroxyl groups is 1. The normalized spacial score (nSPS) is 26.1. The minimum atomic E-state index is -0.385. The predicted octanol–water partition coefficient (Wildman–Crippen LogP) is 1.75. The maximum Gasteiger partial charge on any atom is 0.0900 e. The molecule has 0 saturated heterocycles. The fourth-order valence-corrected chi connectivity index (χ4v) is 2.80. The van der Waals surface area contributed by atoms with Crippen LogP contribution in [0.4, 0.5) is 0 Å². The van der Waals surface area contributed by atoms with Crippen LogP contribution in [-0.4, -0.2) is 54.0 Å². The average Bonchev–Trinajstić information content (AvgIpc) is 2.37. The molecule has 1 rings (SSSR count). The average molecular weight is 272 g/mol. The molecule has 1 unspecified atom stereocenters. The van der Waals surface area contributed by atoms with Crippen molar-refractivity contribution in [2.24, 2.45) is 5.73 Å². The highest BCUT2D eigenvalue weighted by Gasteiger charge is 2.25. The molecular weight excluding hydrogens is 240 g/mol. The Labute approximate surface area is 118 Å². The third kappa shape index (κ3) is 6.70. The van der Waals surface area contributed by atoms with E-state index in [9.17, 15) is 5.11 Å².